The number of rotatable bonds is 3. The highest BCUT2D eigenvalue weighted by molar-refractivity contribution is 7.99. The zero-order valence-corrected chi connectivity index (χ0v) is 12.8. The molecule has 118 valence electrons. The number of piperidine rings is 1. The van der Waals surface area contributed by atoms with Crippen molar-refractivity contribution in [2.75, 3.05) is 18.8 Å². The van der Waals surface area contributed by atoms with Crippen molar-refractivity contribution in [2.45, 2.75) is 23.9 Å². The third-order valence-electron chi connectivity index (χ3n) is 3.96. The van der Waals surface area contributed by atoms with Gasteiger partial charge in [-0.05, 0) is 50.0 Å². The Morgan fingerprint density at radius 2 is 1.95 bits per heavy atom. The molecule has 0 aliphatic carbocycles. The minimum absolute atomic E-state index is 0.408. The van der Waals surface area contributed by atoms with Crippen LogP contribution in [0.15, 0.2) is 35.4 Å². The van der Waals surface area contributed by atoms with Gasteiger partial charge in [0.25, 0.3) is 0 Å². The molecule has 0 atom stereocenters. The molecule has 1 aromatic heterocycles. The first-order valence-electron chi connectivity index (χ1n) is 7.33. The fourth-order valence-corrected chi connectivity index (χ4v) is 3.91. The Labute approximate surface area is 131 Å². The van der Waals surface area contributed by atoms with E-state index in [4.69, 9.17) is 0 Å². The van der Waals surface area contributed by atoms with Gasteiger partial charge in [-0.3, -0.25) is 4.98 Å². The van der Waals surface area contributed by atoms with Crippen molar-refractivity contribution in [3.63, 3.8) is 0 Å². The molecule has 2 aromatic rings. The standard InChI is InChI=1S/C16H17F3N2S/c17-16(18,19)12-1-2-13-14(9-12)21-8-5-15(13)22-10-11-3-6-20-7-4-11/h1-2,5,8-9,11,20H,3-4,6-7,10H2. The number of hydrogen-bond acceptors (Lipinski definition) is 3. The number of benzene rings is 1. The molecule has 22 heavy (non-hydrogen) atoms. The van der Waals surface area contributed by atoms with Gasteiger partial charge in [0.2, 0.25) is 0 Å². The second kappa shape index (κ2) is 6.46. The predicted octanol–water partition coefficient (Wildman–Crippen LogP) is 4.35. The number of halogens is 3. The minimum atomic E-state index is -4.33. The van der Waals surface area contributed by atoms with Crippen LogP contribution >= 0.6 is 11.8 Å². The van der Waals surface area contributed by atoms with E-state index in [2.05, 4.69) is 10.3 Å². The Bertz CT molecular complexity index is 651. The predicted molar refractivity (Wildman–Crippen MR) is 83.1 cm³/mol. The van der Waals surface area contributed by atoms with Gasteiger partial charge in [-0.25, -0.2) is 0 Å². The molecule has 0 unspecified atom stereocenters. The Kier molecular flexibility index (Phi) is 4.59. The zero-order chi connectivity index (χ0) is 15.6. The first kappa shape index (κ1) is 15.6. The van der Waals surface area contributed by atoms with Gasteiger partial charge >= 0.3 is 6.18 Å². The number of nitrogens with zero attached hydrogens (tertiary/aromatic N) is 1. The molecule has 3 rings (SSSR count). The Hall–Kier alpha value is -1.27. The molecule has 0 amide bonds. The van der Waals surface area contributed by atoms with Crippen LogP contribution in [0.4, 0.5) is 13.2 Å². The van der Waals surface area contributed by atoms with Gasteiger partial charge < -0.3 is 5.32 Å². The van der Waals surface area contributed by atoms with E-state index in [1.54, 1.807) is 18.0 Å². The number of hydrogen-bond donors (Lipinski definition) is 1. The average Bonchev–Trinajstić information content (AvgIpc) is 2.52. The Balaban J connectivity index is 1.81. The molecule has 1 aliphatic rings. The van der Waals surface area contributed by atoms with Gasteiger partial charge in [0, 0.05) is 22.2 Å². The van der Waals surface area contributed by atoms with Crippen LogP contribution in [0.1, 0.15) is 18.4 Å². The molecule has 6 heteroatoms. The van der Waals surface area contributed by atoms with Crippen molar-refractivity contribution >= 4 is 22.7 Å². The minimum Gasteiger partial charge on any atom is -0.317 e. The summed E-state index contributed by atoms with van der Waals surface area (Å²) in [7, 11) is 0. The number of thioether (sulfide) groups is 1. The van der Waals surface area contributed by atoms with E-state index in [9.17, 15) is 13.2 Å². The van der Waals surface area contributed by atoms with Gasteiger partial charge in [-0.1, -0.05) is 6.07 Å². The molecule has 1 aromatic carbocycles. The summed E-state index contributed by atoms with van der Waals surface area (Å²) in [5.74, 6) is 1.67. The highest BCUT2D eigenvalue weighted by Gasteiger charge is 2.30. The zero-order valence-electron chi connectivity index (χ0n) is 12.0. The smallest absolute Gasteiger partial charge is 0.317 e. The van der Waals surface area contributed by atoms with E-state index in [1.807, 2.05) is 6.07 Å². The maximum Gasteiger partial charge on any atom is 0.416 e. The number of fused-ring (bicyclic) bond motifs is 1. The molecular weight excluding hydrogens is 309 g/mol. The van der Waals surface area contributed by atoms with Crippen molar-refractivity contribution in [3.8, 4) is 0 Å². The molecule has 1 saturated heterocycles. The molecule has 0 radical (unpaired) electrons. The number of pyridine rings is 1. The maximum absolute atomic E-state index is 12.8. The van der Waals surface area contributed by atoms with Crippen LogP contribution in [0, 0.1) is 5.92 Å². The summed E-state index contributed by atoms with van der Waals surface area (Å²) in [6.45, 7) is 2.11. The SMILES string of the molecule is FC(F)(F)c1ccc2c(SCC3CCNCC3)ccnc2c1. The second-order valence-corrected chi connectivity index (χ2v) is 6.60. The summed E-state index contributed by atoms with van der Waals surface area (Å²) in [4.78, 5) is 5.10. The summed E-state index contributed by atoms with van der Waals surface area (Å²) >= 11 is 1.72. The monoisotopic (exact) mass is 326 g/mol. The topological polar surface area (TPSA) is 24.9 Å². The molecule has 0 spiro atoms. The fourth-order valence-electron chi connectivity index (χ4n) is 2.68. The number of nitrogens with one attached hydrogen (secondary N) is 1. The van der Waals surface area contributed by atoms with E-state index < -0.39 is 11.7 Å². The molecule has 1 N–H and O–H groups in total. The molecular formula is C16H17F3N2S. The molecule has 1 fully saturated rings. The van der Waals surface area contributed by atoms with Crippen molar-refractivity contribution in [1.82, 2.24) is 10.3 Å². The summed E-state index contributed by atoms with van der Waals surface area (Å²) in [6, 6.07) is 5.69. The van der Waals surface area contributed by atoms with Crippen molar-refractivity contribution < 1.29 is 13.2 Å². The lowest BCUT2D eigenvalue weighted by atomic mass is 10.0. The third-order valence-corrected chi connectivity index (χ3v) is 5.27. The van der Waals surface area contributed by atoms with E-state index in [0.29, 0.717) is 11.4 Å². The van der Waals surface area contributed by atoms with Crippen LogP contribution < -0.4 is 5.32 Å². The normalized spacial score (nSPS) is 17.0. The van der Waals surface area contributed by atoms with Crippen molar-refractivity contribution in [2.24, 2.45) is 5.92 Å². The van der Waals surface area contributed by atoms with Gasteiger partial charge in [0.05, 0.1) is 11.1 Å². The highest BCUT2D eigenvalue weighted by Crippen LogP contribution is 2.34. The summed E-state index contributed by atoms with van der Waals surface area (Å²) in [5, 5.41) is 4.14. The largest absolute Gasteiger partial charge is 0.416 e. The van der Waals surface area contributed by atoms with Crippen LogP contribution in [0.25, 0.3) is 10.9 Å². The third kappa shape index (κ3) is 3.55. The van der Waals surface area contributed by atoms with Gasteiger partial charge in [0.1, 0.15) is 0 Å². The maximum atomic E-state index is 12.8. The molecule has 0 saturated carbocycles. The molecule has 2 heterocycles. The summed E-state index contributed by atoms with van der Waals surface area (Å²) in [5.41, 5.74) is -0.238. The fraction of sp³-hybridized carbons (Fsp3) is 0.438. The van der Waals surface area contributed by atoms with E-state index in [1.165, 1.54) is 6.07 Å². The Morgan fingerprint density at radius 1 is 1.18 bits per heavy atom. The first-order chi connectivity index (χ1) is 10.5. The first-order valence-corrected chi connectivity index (χ1v) is 8.32. The highest BCUT2D eigenvalue weighted by atomic mass is 32.2. The van der Waals surface area contributed by atoms with Gasteiger partial charge in [-0.2, -0.15) is 13.2 Å². The lowest BCUT2D eigenvalue weighted by molar-refractivity contribution is -0.137. The van der Waals surface area contributed by atoms with E-state index in [-0.39, 0.29) is 0 Å². The average molecular weight is 326 g/mol. The number of alkyl halides is 3. The second-order valence-electron chi connectivity index (χ2n) is 5.54. The lowest BCUT2D eigenvalue weighted by Crippen LogP contribution is -2.28. The van der Waals surface area contributed by atoms with Crippen molar-refractivity contribution in [3.05, 3.63) is 36.0 Å². The summed E-state index contributed by atoms with van der Waals surface area (Å²) in [6.07, 6.45) is -0.413. The van der Waals surface area contributed by atoms with Crippen LogP contribution in [0.5, 0.6) is 0 Å². The van der Waals surface area contributed by atoms with Crippen LogP contribution in [0.3, 0.4) is 0 Å². The summed E-state index contributed by atoms with van der Waals surface area (Å²) < 4.78 is 38.3. The van der Waals surface area contributed by atoms with Gasteiger partial charge in [0.15, 0.2) is 0 Å². The van der Waals surface area contributed by atoms with Crippen LogP contribution in [-0.4, -0.2) is 23.8 Å². The van der Waals surface area contributed by atoms with Crippen molar-refractivity contribution in [1.29, 1.82) is 0 Å². The lowest BCUT2D eigenvalue weighted by Gasteiger charge is -2.22. The number of aromatic nitrogens is 1. The molecule has 2 nitrogen and oxygen atoms in total. The van der Waals surface area contributed by atoms with Crippen LogP contribution in [0.2, 0.25) is 0 Å². The van der Waals surface area contributed by atoms with E-state index in [0.717, 1.165) is 54.1 Å². The molecule has 0 bridgehead atoms. The quantitative estimate of drug-likeness (QED) is 0.849. The van der Waals surface area contributed by atoms with Crippen LogP contribution in [-0.2, 0) is 6.18 Å². The molecule has 1 aliphatic heterocycles. The Morgan fingerprint density at radius 3 is 2.68 bits per heavy atom. The van der Waals surface area contributed by atoms with E-state index >= 15 is 0 Å². The van der Waals surface area contributed by atoms with Gasteiger partial charge in [-0.15, -0.1) is 11.8 Å².